The molecule has 1 spiro atoms. The van der Waals surface area contributed by atoms with Gasteiger partial charge in [0.25, 0.3) is 0 Å². The summed E-state index contributed by atoms with van der Waals surface area (Å²) in [5, 5.41) is 20.4. The highest BCUT2D eigenvalue weighted by Gasteiger charge is 2.60. The molecule has 0 aromatic carbocycles. The van der Waals surface area contributed by atoms with E-state index in [1.165, 1.54) is 38.5 Å². The lowest BCUT2D eigenvalue weighted by Crippen LogP contribution is -2.68. The molecule has 1 saturated heterocycles. The van der Waals surface area contributed by atoms with Crippen LogP contribution in [0, 0.1) is 45.8 Å². The van der Waals surface area contributed by atoms with E-state index in [1.54, 1.807) is 5.57 Å². The Labute approximate surface area is 212 Å². The topological polar surface area (TPSA) is 60.8 Å². The summed E-state index contributed by atoms with van der Waals surface area (Å²) in [4.78, 5) is 15.0. The van der Waals surface area contributed by atoms with Crippen molar-refractivity contribution >= 4 is 5.91 Å². The zero-order valence-corrected chi connectivity index (χ0v) is 22.7. The average molecular weight is 484 g/mol. The monoisotopic (exact) mass is 483 g/mol. The van der Waals surface area contributed by atoms with Crippen LogP contribution < -0.4 is 0 Å². The van der Waals surface area contributed by atoms with Crippen molar-refractivity contribution in [2.45, 2.75) is 116 Å². The minimum absolute atomic E-state index is 0.121. The molecule has 4 saturated carbocycles. The van der Waals surface area contributed by atoms with Gasteiger partial charge in [0.05, 0.1) is 11.7 Å². The van der Waals surface area contributed by atoms with Crippen LogP contribution in [0.5, 0.6) is 0 Å². The Morgan fingerprint density at radius 2 is 1.83 bits per heavy atom. The van der Waals surface area contributed by atoms with E-state index in [0.717, 1.165) is 68.9 Å². The van der Waals surface area contributed by atoms with E-state index in [0.29, 0.717) is 29.1 Å². The van der Waals surface area contributed by atoms with E-state index in [2.05, 4.69) is 31.7 Å². The number of rotatable bonds is 4. The van der Waals surface area contributed by atoms with Crippen molar-refractivity contribution in [3.05, 3.63) is 11.6 Å². The summed E-state index contributed by atoms with van der Waals surface area (Å²) in [6.07, 6.45) is 15.6. The number of aliphatic hydroxyl groups is 2. The van der Waals surface area contributed by atoms with Gasteiger partial charge in [0.2, 0.25) is 5.91 Å². The lowest BCUT2D eigenvalue weighted by Gasteiger charge is -2.61. The molecule has 5 fully saturated rings. The Morgan fingerprint density at radius 3 is 2.54 bits per heavy atom. The SMILES string of the molecule is CC(CCC(=O)N1CC2(C1)CC(C)(O)C2)[C@H]1CC[C@H]2[C@@H]3CC=C4C[C@@H](O)CC[C@]4(C)[C@H]3CC[C@]12C. The third-order valence-electron chi connectivity index (χ3n) is 12.6. The van der Waals surface area contributed by atoms with Gasteiger partial charge in [-0.05, 0) is 118 Å². The van der Waals surface area contributed by atoms with Gasteiger partial charge in [0.15, 0.2) is 0 Å². The third kappa shape index (κ3) is 3.78. The van der Waals surface area contributed by atoms with Crippen molar-refractivity contribution < 1.29 is 15.0 Å². The quantitative estimate of drug-likeness (QED) is 0.503. The Morgan fingerprint density at radius 1 is 1.09 bits per heavy atom. The second-order valence-electron chi connectivity index (χ2n) is 15.0. The Hall–Kier alpha value is -0.870. The first-order valence-electron chi connectivity index (χ1n) is 14.8. The van der Waals surface area contributed by atoms with Crippen molar-refractivity contribution in [2.75, 3.05) is 13.1 Å². The van der Waals surface area contributed by atoms with Crippen LogP contribution in [0.25, 0.3) is 0 Å². The summed E-state index contributed by atoms with van der Waals surface area (Å²) in [7, 11) is 0. The van der Waals surface area contributed by atoms with E-state index < -0.39 is 5.60 Å². The summed E-state index contributed by atoms with van der Waals surface area (Å²) in [6.45, 7) is 11.2. The number of likely N-dealkylation sites (tertiary alicyclic amines) is 1. The van der Waals surface area contributed by atoms with Gasteiger partial charge < -0.3 is 15.1 Å². The first-order valence-corrected chi connectivity index (χ1v) is 14.8. The summed E-state index contributed by atoms with van der Waals surface area (Å²) < 4.78 is 0. The van der Waals surface area contributed by atoms with E-state index in [-0.39, 0.29) is 11.5 Å². The molecule has 5 aliphatic carbocycles. The minimum Gasteiger partial charge on any atom is -0.393 e. The smallest absolute Gasteiger partial charge is 0.222 e. The van der Waals surface area contributed by atoms with Crippen LogP contribution in [-0.2, 0) is 4.79 Å². The standard InChI is InChI=1S/C31H49NO3/c1-20(5-10-27(34)32-18-31(19-32)16-28(2,35)17-31)24-8-9-25-23-7-6-21-15-22(33)11-13-29(21,3)26(23)12-14-30(24,25)4/h6,20,22-26,33,35H,5,7-19H2,1-4H3/t20?,22-,23-,24+,25-,26-,29-,30+/m0/s1. The van der Waals surface area contributed by atoms with Gasteiger partial charge in [-0.1, -0.05) is 32.4 Å². The maximum absolute atomic E-state index is 12.9. The molecule has 1 heterocycles. The zero-order chi connectivity index (χ0) is 24.8. The van der Waals surface area contributed by atoms with E-state index >= 15 is 0 Å². The average Bonchev–Trinajstić information content (AvgIpc) is 3.11. The molecular formula is C31H49NO3. The molecule has 196 valence electrons. The van der Waals surface area contributed by atoms with Crippen molar-refractivity contribution in [1.29, 1.82) is 0 Å². The van der Waals surface area contributed by atoms with Gasteiger partial charge in [0, 0.05) is 24.9 Å². The highest BCUT2D eigenvalue weighted by molar-refractivity contribution is 5.77. The fourth-order valence-electron chi connectivity index (χ4n) is 11.1. The van der Waals surface area contributed by atoms with E-state index in [1.807, 2.05) is 6.92 Å². The predicted molar refractivity (Wildman–Crippen MR) is 138 cm³/mol. The summed E-state index contributed by atoms with van der Waals surface area (Å²) in [5.41, 5.74) is 2.06. The number of nitrogens with zero attached hydrogens (tertiary/aromatic N) is 1. The van der Waals surface area contributed by atoms with Crippen molar-refractivity contribution in [1.82, 2.24) is 4.90 Å². The molecule has 0 aromatic rings. The molecule has 4 nitrogen and oxygen atoms in total. The molecule has 0 bridgehead atoms. The maximum Gasteiger partial charge on any atom is 0.222 e. The molecule has 4 heteroatoms. The molecule has 0 radical (unpaired) electrons. The lowest BCUT2D eigenvalue weighted by molar-refractivity contribution is -0.189. The van der Waals surface area contributed by atoms with Crippen LogP contribution in [0.2, 0.25) is 0 Å². The first-order chi connectivity index (χ1) is 16.4. The largest absolute Gasteiger partial charge is 0.393 e. The number of fused-ring (bicyclic) bond motifs is 5. The Bertz CT molecular complexity index is 893. The second kappa shape index (κ2) is 8.06. The number of carbonyl (C=O) groups excluding carboxylic acids is 1. The molecule has 8 atom stereocenters. The number of allylic oxidation sites excluding steroid dienone is 1. The Kier molecular flexibility index (Phi) is 5.64. The van der Waals surface area contributed by atoms with Crippen LogP contribution in [0.1, 0.15) is 105 Å². The summed E-state index contributed by atoms with van der Waals surface area (Å²) >= 11 is 0. The van der Waals surface area contributed by atoms with Crippen molar-refractivity contribution in [3.63, 3.8) is 0 Å². The molecule has 1 unspecified atom stereocenters. The molecule has 6 aliphatic rings. The molecule has 2 N–H and O–H groups in total. The number of hydrogen-bond donors (Lipinski definition) is 2. The Balaban J connectivity index is 1.06. The molecular weight excluding hydrogens is 434 g/mol. The fourth-order valence-corrected chi connectivity index (χ4v) is 11.1. The second-order valence-corrected chi connectivity index (χ2v) is 15.0. The number of amides is 1. The normalized spacial score (nSPS) is 45.9. The third-order valence-corrected chi connectivity index (χ3v) is 12.6. The van der Waals surface area contributed by atoms with Gasteiger partial charge in [-0.3, -0.25) is 4.79 Å². The van der Waals surface area contributed by atoms with Gasteiger partial charge in [-0.2, -0.15) is 0 Å². The molecule has 1 amide bonds. The van der Waals surface area contributed by atoms with E-state index in [9.17, 15) is 15.0 Å². The number of aliphatic hydroxyl groups excluding tert-OH is 1. The van der Waals surface area contributed by atoms with Crippen LogP contribution in [0.3, 0.4) is 0 Å². The van der Waals surface area contributed by atoms with Gasteiger partial charge in [0.1, 0.15) is 0 Å². The highest BCUT2D eigenvalue weighted by Crippen LogP contribution is 2.67. The zero-order valence-electron chi connectivity index (χ0n) is 22.7. The van der Waals surface area contributed by atoms with Gasteiger partial charge in [-0.25, -0.2) is 0 Å². The molecule has 0 aromatic heterocycles. The van der Waals surface area contributed by atoms with Crippen molar-refractivity contribution in [3.8, 4) is 0 Å². The number of hydrogen-bond acceptors (Lipinski definition) is 3. The molecule has 35 heavy (non-hydrogen) atoms. The highest BCUT2D eigenvalue weighted by atomic mass is 16.3. The van der Waals surface area contributed by atoms with Crippen LogP contribution >= 0.6 is 0 Å². The van der Waals surface area contributed by atoms with Gasteiger partial charge >= 0.3 is 0 Å². The molecule has 6 rings (SSSR count). The first kappa shape index (κ1) is 24.5. The van der Waals surface area contributed by atoms with Crippen LogP contribution in [0.4, 0.5) is 0 Å². The maximum atomic E-state index is 12.9. The fraction of sp³-hybridized carbons (Fsp3) is 0.903. The lowest BCUT2D eigenvalue weighted by atomic mass is 9.47. The number of carbonyl (C=O) groups is 1. The molecule has 1 aliphatic heterocycles. The minimum atomic E-state index is -0.498. The predicted octanol–water partition coefficient (Wildman–Crippen LogP) is 5.72. The summed E-state index contributed by atoms with van der Waals surface area (Å²) in [5.74, 6) is 4.14. The van der Waals surface area contributed by atoms with Crippen LogP contribution in [-0.4, -0.2) is 45.8 Å². The van der Waals surface area contributed by atoms with Crippen LogP contribution in [0.15, 0.2) is 11.6 Å². The van der Waals surface area contributed by atoms with Crippen molar-refractivity contribution in [2.24, 2.45) is 45.8 Å². The van der Waals surface area contributed by atoms with Gasteiger partial charge in [-0.15, -0.1) is 0 Å². The van der Waals surface area contributed by atoms with E-state index in [4.69, 9.17) is 0 Å². The summed E-state index contributed by atoms with van der Waals surface area (Å²) in [6, 6.07) is 0.